The van der Waals surface area contributed by atoms with Crippen molar-refractivity contribution >= 4 is 11.9 Å². The van der Waals surface area contributed by atoms with Gasteiger partial charge in [-0.2, -0.15) is 0 Å². The van der Waals surface area contributed by atoms with Crippen molar-refractivity contribution in [3.63, 3.8) is 0 Å². The van der Waals surface area contributed by atoms with Gasteiger partial charge in [-0.1, -0.05) is 0 Å². The second kappa shape index (κ2) is 4.94. The Labute approximate surface area is 95.1 Å². The van der Waals surface area contributed by atoms with Crippen molar-refractivity contribution in [2.75, 3.05) is 6.61 Å². The standard InChI is InChI=1S/C8H12O9/c1-3(10)15-8(7(14)16-17-8)6(13)5(12)4(11)2-9/h4-6,9,11-13H,2H2,1H3/t4-,5+,6+,8+/m1/s1. The molecule has 1 rings (SSSR count). The number of rotatable bonds is 5. The summed E-state index contributed by atoms with van der Waals surface area (Å²) in [5.41, 5.74) is 0. The summed E-state index contributed by atoms with van der Waals surface area (Å²) >= 11 is 0. The third kappa shape index (κ3) is 2.37. The van der Waals surface area contributed by atoms with Gasteiger partial charge >= 0.3 is 17.7 Å². The fourth-order valence-corrected chi connectivity index (χ4v) is 1.20. The molecular formula is C8H12O9. The lowest BCUT2D eigenvalue weighted by molar-refractivity contribution is -0.478. The van der Waals surface area contributed by atoms with E-state index in [1.165, 1.54) is 0 Å². The van der Waals surface area contributed by atoms with Crippen molar-refractivity contribution in [2.45, 2.75) is 31.0 Å². The Morgan fingerprint density at radius 2 is 2.06 bits per heavy atom. The number of hydrogen-bond donors (Lipinski definition) is 4. The van der Waals surface area contributed by atoms with E-state index < -0.39 is 42.6 Å². The molecule has 4 N–H and O–H groups in total. The molecule has 9 heteroatoms. The maximum atomic E-state index is 11.1. The molecule has 0 saturated carbocycles. The third-order valence-electron chi connectivity index (χ3n) is 2.12. The van der Waals surface area contributed by atoms with Crippen molar-refractivity contribution in [1.29, 1.82) is 0 Å². The molecule has 0 amide bonds. The normalized spacial score (nSPS) is 28.6. The fraction of sp³-hybridized carbons (Fsp3) is 0.750. The number of esters is 1. The van der Waals surface area contributed by atoms with Crippen LogP contribution < -0.4 is 0 Å². The second-order valence-electron chi connectivity index (χ2n) is 3.40. The fourth-order valence-electron chi connectivity index (χ4n) is 1.20. The molecule has 17 heavy (non-hydrogen) atoms. The van der Waals surface area contributed by atoms with Crippen molar-refractivity contribution in [1.82, 2.24) is 0 Å². The van der Waals surface area contributed by atoms with E-state index in [2.05, 4.69) is 14.5 Å². The van der Waals surface area contributed by atoms with Crippen LogP contribution in [0.25, 0.3) is 0 Å². The highest BCUT2D eigenvalue weighted by atomic mass is 17.3. The molecule has 4 atom stereocenters. The van der Waals surface area contributed by atoms with Crippen LogP contribution >= 0.6 is 0 Å². The van der Waals surface area contributed by atoms with Gasteiger partial charge in [-0.05, 0) is 0 Å². The first-order valence-corrected chi connectivity index (χ1v) is 4.60. The zero-order valence-electron chi connectivity index (χ0n) is 8.77. The van der Waals surface area contributed by atoms with E-state index >= 15 is 0 Å². The molecule has 0 radical (unpaired) electrons. The van der Waals surface area contributed by atoms with Gasteiger partial charge in [-0.25, -0.2) is 4.79 Å². The topological polar surface area (TPSA) is 143 Å². The van der Waals surface area contributed by atoms with Crippen LogP contribution in [0.3, 0.4) is 0 Å². The van der Waals surface area contributed by atoms with E-state index in [9.17, 15) is 19.8 Å². The average molecular weight is 252 g/mol. The molecule has 1 aliphatic rings. The minimum Gasteiger partial charge on any atom is -0.416 e. The smallest absolute Gasteiger partial charge is 0.416 e. The van der Waals surface area contributed by atoms with Gasteiger partial charge < -0.3 is 25.2 Å². The molecule has 0 aromatic carbocycles. The Morgan fingerprint density at radius 1 is 1.47 bits per heavy atom. The first-order valence-electron chi connectivity index (χ1n) is 4.60. The molecule has 1 fully saturated rings. The summed E-state index contributed by atoms with van der Waals surface area (Å²) < 4.78 is 4.43. The Morgan fingerprint density at radius 3 is 2.35 bits per heavy atom. The van der Waals surface area contributed by atoms with Crippen LogP contribution in [0.15, 0.2) is 0 Å². The van der Waals surface area contributed by atoms with E-state index in [-0.39, 0.29) is 0 Å². The van der Waals surface area contributed by atoms with E-state index in [1.807, 2.05) is 0 Å². The van der Waals surface area contributed by atoms with Crippen LogP contribution in [-0.2, 0) is 24.1 Å². The van der Waals surface area contributed by atoms with E-state index in [1.54, 1.807) is 0 Å². The van der Waals surface area contributed by atoms with Crippen LogP contribution in [0.4, 0.5) is 0 Å². The maximum Gasteiger partial charge on any atom is 0.420 e. The van der Waals surface area contributed by atoms with Gasteiger partial charge in [0.15, 0.2) is 6.10 Å². The van der Waals surface area contributed by atoms with Crippen molar-refractivity contribution < 1.29 is 44.5 Å². The molecular weight excluding hydrogens is 240 g/mol. The summed E-state index contributed by atoms with van der Waals surface area (Å²) in [6.07, 6.45) is -5.81. The summed E-state index contributed by atoms with van der Waals surface area (Å²) in [5, 5.41) is 36.6. The second-order valence-corrected chi connectivity index (χ2v) is 3.40. The lowest BCUT2D eigenvalue weighted by Gasteiger charge is -2.40. The predicted octanol–water partition coefficient (Wildman–Crippen LogP) is -3.19. The van der Waals surface area contributed by atoms with E-state index in [0.717, 1.165) is 6.92 Å². The highest BCUT2D eigenvalue weighted by molar-refractivity contribution is 5.84. The molecule has 0 unspecified atom stereocenters. The van der Waals surface area contributed by atoms with Gasteiger partial charge in [0.1, 0.15) is 12.2 Å². The number of carbonyl (C=O) groups is 2. The van der Waals surface area contributed by atoms with Crippen LogP contribution in [0.1, 0.15) is 6.92 Å². The number of aliphatic hydroxyl groups excluding tert-OH is 4. The summed E-state index contributed by atoms with van der Waals surface area (Å²) in [7, 11) is 0. The Kier molecular flexibility index (Phi) is 4.01. The third-order valence-corrected chi connectivity index (χ3v) is 2.12. The first kappa shape index (κ1) is 13.8. The summed E-state index contributed by atoms with van der Waals surface area (Å²) in [6, 6.07) is 0. The SMILES string of the molecule is CC(=O)O[C@@]1([C@@H](O)[C@@H](O)[C@H](O)CO)OOC1=O. The summed E-state index contributed by atoms with van der Waals surface area (Å²) in [5.74, 6) is -4.71. The summed E-state index contributed by atoms with van der Waals surface area (Å²) in [6.45, 7) is 0.0711. The molecule has 0 bridgehead atoms. The first-order chi connectivity index (χ1) is 7.85. The molecule has 1 heterocycles. The Bertz CT molecular complexity index is 316. The zero-order chi connectivity index (χ0) is 13.2. The highest BCUT2D eigenvalue weighted by Gasteiger charge is 2.65. The van der Waals surface area contributed by atoms with Gasteiger partial charge in [0.05, 0.1) is 6.61 Å². The quantitative estimate of drug-likeness (QED) is 0.294. The van der Waals surface area contributed by atoms with E-state index in [0.29, 0.717) is 0 Å². The molecule has 0 spiro atoms. The number of aliphatic hydroxyl groups is 4. The summed E-state index contributed by atoms with van der Waals surface area (Å²) in [4.78, 5) is 30.0. The van der Waals surface area contributed by atoms with Gasteiger partial charge in [0, 0.05) is 6.92 Å². The lowest BCUT2D eigenvalue weighted by Crippen LogP contribution is -2.67. The number of hydrogen-bond acceptors (Lipinski definition) is 9. The number of ether oxygens (including phenoxy) is 1. The van der Waals surface area contributed by atoms with Crippen LogP contribution in [0.5, 0.6) is 0 Å². The molecule has 0 aliphatic carbocycles. The molecule has 9 nitrogen and oxygen atoms in total. The monoisotopic (exact) mass is 252 g/mol. The largest absolute Gasteiger partial charge is 0.420 e. The Hall–Kier alpha value is -1.26. The van der Waals surface area contributed by atoms with Crippen molar-refractivity contribution in [3.05, 3.63) is 0 Å². The zero-order valence-corrected chi connectivity index (χ0v) is 8.77. The van der Waals surface area contributed by atoms with Crippen LogP contribution in [0.2, 0.25) is 0 Å². The van der Waals surface area contributed by atoms with Gasteiger partial charge in [-0.3, -0.25) is 9.68 Å². The van der Waals surface area contributed by atoms with Gasteiger partial charge in [0.25, 0.3) is 0 Å². The van der Waals surface area contributed by atoms with E-state index in [4.69, 9.17) is 10.2 Å². The minimum atomic E-state index is -2.51. The minimum absolute atomic E-state index is 0.872. The van der Waals surface area contributed by atoms with Crippen molar-refractivity contribution in [3.8, 4) is 0 Å². The number of carbonyl (C=O) groups excluding carboxylic acids is 2. The molecule has 1 aliphatic heterocycles. The van der Waals surface area contributed by atoms with Crippen molar-refractivity contribution in [2.24, 2.45) is 0 Å². The maximum absolute atomic E-state index is 11.1. The molecule has 0 aromatic heterocycles. The molecule has 0 aromatic rings. The molecule has 98 valence electrons. The predicted molar refractivity (Wildman–Crippen MR) is 46.8 cm³/mol. The van der Waals surface area contributed by atoms with Gasteiger partial charge in [-0.15, -0.1) is 4.89 Å². The molecule has 1 saturated heterocycles. The highest BCUT2D eigenvalue weighted by Crippen LogP contribution is 2.32. The Balaban J connectivity index is 2.85. The van der Waals surface area contributed by atoms with Gasteiger partial charge in [0.2, 0.25) is 0 Å². The van der Waals surface area contributed by atoms with Crippen LogP contribution in [-0.4, -0.2) is 63.1 Å². The average Bonchev–Trinajstić information content (AvgIpc) is 2.30. The van der Waals surface area contributed by atoms with Crippen LogP contribution in [0, 0.1) is 0 Å². The lowest BCUT2D eigenvalue weighted by atomic mass is 9.99.